The van der Waals surface area contributed by atoms with Crippen LogP contribution in [0.1, 0.15) is 79.1 Å². The number of nitrogens with zero attached hydrogens (tertiary/aromatic N) is 1. The van der Waals surface area contributed by atoms with E-state index in [0.717, 1.165) is 25.7 Å². The molecule has 0 unspecified atom stereocenters. The van der Waals surface area contributed by atoms with E-state index >= 15 is 0 Å². The molecular formula is C31H41BF9NO2P2Rh+2. The van der Waals surface area contributed by atoms with Gasteiger partial charge in [-0.3, -0.25) is 22.5 Å². The van der Waals surface area contributed by atoms with Gasteiger partial charge in [-0.2, -0.15) is 0 Å². The van der Waals surface area contributed by atoms with Crippen molar-refractivity contribution in [3.63, 3.8) is 0 Å². The molecule has 0 spiro atoms. The van der Waals surface area contributed by atoms with Gasteiger partial charge in [0.05, 0.1) is 22.6 Å². The maximum Gasteiger partial charge on any atom is 2.00 e. The van der Waals surface area contributed by atoms with E-state index in [9.17, 15) is 44.5 Å². The first-order valence-electron chi connectivity index (χ1n) is 14.8. The summed E-state index contributed by atoms with van der Waals surface area (Å²) in [5, 5.41) is 0.687. The molecule has 265 valence electrons. The van der Waals surface area contributed by atoms with Gasteiger partial charge >= 0.3 is 38.8 Å². The molecule has 1 aromatic rings. The molecular weight excluding hydrogens is 765 g/mol. The predicted molar refractivity (Wildman–Crippen MR) is 171 cm³/mol. The van der Waals surface area contributed by atoms with Crippen molar-refractivity contribution in [3.8, 4) is 0 Å². The second-order valence-electron chi connectivity index (χ2n) is 11.6. The third-order valence-electron chi connectivity index (χ3n) is 8.59. The molecule has 5 rings (SSSR count). The maximum atomic E-state index is 14.6. The number of rotatable bonds is 3. The molecule has 4 aliphatic rings. The molecule has 0 aromatic heterocycles. The Morgan fingerprint density at radius 3 is 1.09 bits per heavy atom. The Hall–Kier alpha value is -1.50. The number of amides is 2. The summed E-state index contributed by atoms with van der Waals surface area (Å²) >= 11 is 0. The van der Waals surface area contributed by atoms with Crippen molar-refractivity contribution in [2.45, 2.75) is 102 Å². The first kappa shape index (κ1) is 45.5. The quantitative estimate of drug-likeness (QED) is 0.0481. The van der Waals surface area contributed by atoms with Gasteiger partial charge in [0.2, 0.25) is 16.4 Å². The Kier molecular flexibility index (Phi) is 19.6. The van der Waals surface area contributed by atoms with E-state index in [1.807, 2.05) is 27.7 Å². The number of hydrogen-bond donors (Lipinski definition) is 0. The first-order chi connectivity index (χ1) is 20.7. The molecule has 1 radical (unpaired) electrons. The SMILES string of the molecule is C1=C\CC/C=C\CC/1.C[C@@H]1CC[C@@H](C)[PH+]1C1=C([PH+]2[C@H](C)CC[C@H]2C)C(=O)N(c2c(F)c(F)c(F)c(F)c2F)C1=O.FB(F)F.[CH3-].[F-].[Rh+2]. The molecule has 1 aromatic carbocycles. The molecule has 0 bridgehead atoms. The maximum absolute atomic E-state index is 14.6. The van der Waals surface area contributed by atoms with Crippen LogP contribution in [-0.4, -0.2) is 42.0 Å². The predicted octanol–water partition coefficient (Wildman–Crippen LogP) is 7.04. The van der Waals surface area contributed by atoms with Gasteiger partial charge < -0.3 is 12.1 Å². The van der Waals surface area contributed by atoms with Crippen LogP contribution >= 0.6 is 15.8 Å². The van der Waals surface area contributed by atoms with Gasteiger partial charge in [0.25, 0.3) is 0 Å². The summed E-state index contributed by atoms with van der Waals surface area (Å²) in [5.74, 6) is -12.7. The van der Waals surface area contributed by atoms with Crippen LogP contribution in [0, 0.1) is 36.5 Å². The number of benzene rings is 1. The molecule has 0 saturated carbocycles. The van der Waals surface area contributed by atoms with Crippen molar-refractivity contribution in [3.05, 3.63) is 71.4 Å². The van der Waals surface area contributed by atoms with Crippen molar-refractivity contribution in [1.29, 1.82) is 0 Å². The minimum Gasteiger partial charge on any atom is -1.00 e. The Morgan fingerprint density at radius 2 is 0.830 bits per heavy atom. The van der Waals surface area contributed by atoms with Gasteiger partial charge in [0.1, 0.15) is 5.69 Å². The van der Waals surface area contributed by atoms with Crippen molar-refractivity contribution in [1.82, 2.24) is 0 Å². The van der Waals surface area contributed by atoms with Crippen molar-refractivity contribution in [2.75, 3.05) is 4.90 Å². The van der Waals surface area contributed by atoms with Crippen LogP contribution in [0.3, 0.4) is 0 Å². The number of halogens is 9. The minimum absolute atomic E-state index is 0. The van der Waals surface area contributed by atoms with Crippen LogP contribution in [0.2, 0.25) is 0 Å². The van der Waals surface area contributed by atoms with E-state index in [4.69, 9.17) is 0 Å². The topological polar surface area (TPSA) is 37.4 Å². The van der Waals surface area contributed by atoms with Gasteiger partial charge in [-0.05, 0) is 79.1 Å². The molecule has 1 aliphatic carbocycles. The number of carbonyl (C=O) groups is 2. The summed E-state index contributed by atoms with van der Waals surface area (Å²) < 4.78 is 99.8. The van der Waals surface area contributed by atoms with Gasteiger partial charge in [-0.1, -0.05) is 24.3 Å². The van der Waals surface area contributed by atoms with Crippen LogP contribution in [0.15, 0.2) is 34.9 Å². The van der Waals surface area contributed by atoms with Gasteiger partial charge in [0, 0.05) is 15.8 Å². The van der Waals surface area contributed by atoms with E-state index in [-0.39, 0.29) is 59.1 Å². The Labute approximate surface area is 286 Å². The van der Waals surface area contributed by atoms with E-state index in [2.05, 4.69) is 24.3 Å². The monoisotopic (exact) mass is 806 g/mol. The third-order valence-corrected chi connectivity index (χ3v) is 16.3. The number of hydrogen-bond acceptors (Lipinski definition) is 2. The molecule has 3 aliphatic heterocycles. The number of anilines is 1. The Morgan fingerprint density at radius 1 is 0.596 bits per heavy atom. The third kappa shape index (κ3) is 10.3. The second-order valence-corrected chi connectivity index (χ2v) is 18.4. The van der Waals surface area contributed by atoms with E-state index < -0.39 is 70.0 Å². The fourth-order valence-corrected chi connectivity index (χ4v) is 14.7. The molecule has 3 nitrogen and oxygen atoms in total. The summed E-state index contributed by atoms with van der Waals surface area (Å²) in [6.45, 7) is 8.06. The molecule has 2 amide bonds. The van der Waals surface area contributed by atoms with Crippen molar-refractivity contribution in [2.24, 2.45) is 0 Å². The second kappa shape index (κ2) is 20.2. The van der Waals surface area contributed by atoms with E-state index in [0.29, 0.717) is 10.6 Å². The van der Waals surface area contributed by atoms with Crippen molar-refractivity contribution < 1.29 is 68.7 Å². The summed E-state index contributed by atoms with van der Waals surface area (Å²) in [5.41, 5.74) is -0.776. The molecule has 2 saturated heterocycles. The van der Waals surface area contributed by atoms with E-state index in [1.165, 1.54) is 25.7 Å². The molecule has 3 heterocycles. The Balaban J connectivity index is 0.00000120. The zero-order valence-corrected chi connectivity index (χ0v) is 30.5. The van der Waals surface area contributed by atoms with Crippen LogP contribution in [0.5, 0.6) is 0 Å². The summed E-state index contributed by atoms with van der Waals surface area (Å²) in [7, 11) is -6.79. The molecule has 16 heteroatoms. The average Bonchev–Trinajstić information content (AvgIpc) is 3.53. The number of allylic oxidation sites excluding steroid dienone is 4. The Bertz CT molecular complexity index is 1210. The van der Waals surface area contributed by atoms with Crippen LogP contribution in [-0.2, 0) is 29.1 Å². The van der Waals surface area contributed by atoms with Gasteiger partial charge in [-0.15, -0.1) is 0 Å². The molecule has 0 N–H and O–H groups in total. The smallest absolute Gasteiger partial charge is 1.00 e. The zero-order chi connectivity index (χ0) is 32.9. The summed E-state index contributed by atoms with van der Waals surface area (Å²) in [6.07, 6.45) is 17.5. The molecule has 4 atom stereocenters. The number of carbonyl (C=O) groups excluding carboxylic acids is 2. The normalized spacial score (nSPS) is 25.7. The standard InChI is InChI=1S/C22H24F5NO2P2.C8H12.CH3.BF3.FH.Rh/c1-9-5-6-10(2)31(9)19-20(32-11(3)7-8-12(32)4)22(30)28(21(19)29)18-16(26)14(24)13(23)15(25)17(18)27;1-2-4-6-8-7-5-3-1;;2-1(3)4;;/h9-12H,5-8H2,1-4H3;1-2,7-8H,3-6H2;1H3;;1H;/q;;-1;;;+2/p+1/b;2-1-,8-7-;;;;/t9-,10-,11-,12-;;;;;/m1...../s1. The first-order valence-corrected chi connectivity index (χ1v) is 18.1. The molecule has 2 fully saturated rings. The summed E-state index contributed by atoms with van der Waals surface area (Å²) in [4.78, 5) is 27.4. The largest absolute Gasteiger partial charge is 2.00 e. The van der Waals surface area contributed by atoms with Crippen LogP contribution in [0.4, 0.5) is 40.6 Å². The fraction of sp³-hybridized carbons (Fsp3) is 0.516. The van der Waals surface area contributed by atoms with E-state index in [1.54, 1.807) is 0 Å². The number of imide groups is 1. The van der Waals surface area contributed by atoms with Crippen LogP contribution in [0.25, 0.3) is 0 Å². The fourth-order valence-electron chi connectivity index (χ4n) is 6.49. The van der Waals surface area contributed by atoms with Crippen LogP contribution < -0.4 is 9.60 Å². The average molecular weight is 806 g/mol. The minimum atomic E-state index is -3.67. The van der Waals surface area contributed by atoms with Gasteiger partial charge in [-0.25, -0.2) is 26.9 Å². The van der Waals surface area contributed by atoms with Crippen molar-refractivity contribution >= 4 is 40.9 Å². The summed E-state index contributed by atoms with van der Waals surface area (Å²) in [6, 6.07) is 0. The van der Waals surface area contributed by atoms with Gasteiger partial charge in [0.15, 0.2) is 23.3 Å². The zero-order valence-electron chi connectivity index (χ0n) is 26.9. The molecule has 47 heavy (non-hydrogen) atoms.